The molecule has 2 aromatic rings. The minimum atomic E-state index is -0.359. The quantitative estimate of drug-likeness (QED) is 0.445. The molecule has 0 saturated heterocycles. The van der Waals surface area contributed by atoms with Gasteiger partial charge in [-0.2, -0.15) is 0 Å². The normalized spacial score (nSPS) is 11.2. The van der Waals surface area contributed by atoms with Gasteiger partial charge in [-0.3, -0.25) is 10.1 Å². The molecule has 0 amide bonds. The molecule has 2 aromatic carbocycles. The van der Waals surface area contributed by atoms with Gasteiger partial charge in [-0.05, 0) is 30.2 Å². The highest BCUT2D eigenvalue weighted by Gasteiger charge is 2.16. The molecule has 0 spiro atoms. The Labute approximate surface area is 135 Å². The molecule has 0 unspecified atom stereocenters. The Balaban J connectivity index is 2.59. The molecule has 0 aliphatic heterocycles. The predicted octanol–water partition coefficient (Wildman–Crippen LogP) is 4.56. The number of rotatable bonds is 6. The van der Waals surface area contributed by atoms with Crippen LogP contribution in [-0.2, 0) is 0 Å². The maximum atomic E-state index is 11.3. The van der Waals surface area contributed by atoms with Crippen LogP contribution in [0.3, 0.4) is 0 Å². The van der Waals surface area contributed by atoms with Crippen LogP contribution in [0, 0.1) is 10.1 Å². The van der Waals surface area contributed by atoms with Gasteiger partial charge in [0.1, 0.15) is 0 Å². The van der Waals surface area contributed by atoms with Crippen molar-refractivity contribution in [2.75, 3.05) is 14.2 Å². The van der Waals surface area contributed by atoms with Crippen molar-refractivity contribution < 1.29 is 14.4 Å². The zero-order valence-electron chi connectivity index (χ0n) is 13.4. The van der Waals surface area contributed by atoms with Crippen molar-refractivity contribution >= 4 is 17.3 Å². The third-order valence-electron chi connectivity index (χ3n) is 3.59. The Morgan fingerprint density at radius 2 is 1.87 bits per heavy atom. The number of benzene rings is 2. The summed E-state index contributed by atoms with van der Waals surface area (Å²) >= 11 is 0. The Hall–Kier alpha value is -2.82. The average molecular weight is 313 g/mol. The molecule has 2 rings (SSSR count). The zero-order chi connectivity index (χ0) is 16.8. The molecule has 0 aromatic heterocycles. The van der Waals surface area contributed by atoms with Gasteiger partial charge in [-0.15, -0.1) is 0 Å². The second-order valence-electron chi connectivity index (χ2n) is 4.88. The van der Waals surface area contributed by atoms with Crippen LogP contribution >= 0.6 is 0 Å². The number of nitro benzene ring substituents is 1. The van der Waals surface area contributed by atoms with Gasteiger partial charge in [0.15, 0.2) is 11.5 Å². The molecular formula is C18H19NO4. The first-order valence-electron chi connectivity index (χ1n) is 7.27. The molecule has 0 saturated carbocycles. The third kappa shape index (κ3) is 3.51. The van der Waals surface area contributed by atoms with Crippen LogP contribution in [0.4, 0.5) is 5.69 Å². The van der Waals surface area contributed by atoms with Gasteiger partial charge in [0.2, 0.25) is 0 Å². The molecule has 0 radical (unpaired) electrons. The summed E-state index contributed by atoms with van der Waals surface area (Å²) < 4.78 is 10.7. The molecule has 0 N–H and O–H groups in total. The highest BCUT2D eigenvalue weighted by molar-refractivity contribution is 5.86. The topological polar surface area (TPSA) is 61.6 Å². The van der Waals surface area contributed by atoms with Crippen LogP contribution in [0.25, 0.3) is 11.6 Å². The first-order valence-corrected chi connectivity index (χ1v) is 7.27. The molecule has 0 aliphatic carbocycles. The minimum Gasteiger partial charge on any atom is -0.493 e. The van der Waals surface area contributed by atoms with E-state index in [2.05, 4.69) is 0 Å². The summed E-state index contributed by atoms with van der Waals surface area (Å²) in [6.07, 6.45) is 2.56. The summed E-state index contributed by atoms with van der Waals surface area (Å²) in [5.41, 5.74) is 2.40. The first-order chi connectivity index (χ1) is 11.1. The van der Waals surface area contributed by atoms with Crippen molar-refractivity contribution in [2.24, 2.45) is 0 Å². The highest BCUT2D eigenvalue weighted by Crippen LogP contribution is 2.35. The van der Waals surface area contributed by atoms with E-state index in [9.17, 15) is 10.1 Å². The Kier molecular flexibility index (Phi) is 5.36. The number of hydrogen-bond donors (Lipinski definition) is 0. The van der Waals surface area contributed by atoms with E-state index < -0.39 is 0 Å². The standard InChI is InChI=1S/C18H19NO4/c1-4-13(15-9-5-6-10-16(15)19(20)21)12-14-8-7-11-17(22-2)18(14)23-3/h5-12H,4H2,1-3H3/b13-12+. The van der Waals surface area contributed by atoms with E-state index in [1.54, 1.807) is 32.4 Å². The van der Waals surface area contributed by atoms with Crippen LogP contribution in [0.15, 0.2) is 42.5 Å². The van der Waals surface area contributed by atoms with Gasteiger partial charge < -0.3 is 9.47 Å². The molecule has 23 heavy (non-hydrogen) atoms. The largest absolute Gasteiger partial charge is 0.493 e. The Bertz CT molecular complexity index is 738. The van der Waals surface area contributed by atoms with Gasteiger partial charge in [-0.1, -0.05) is 31.2 Å². The molecule has 120 valence electrons. The number of methoxy groups -OCH3 is 2. The van der Waals surface area contributed by atoms with Gasteiger partial charge in [-0.25, -0.2) is 0 Å². The fourth-order valence-electron chi connectivity index (χ4n) is 2.49. The fourth-order valence-corrected chi connectivity index (χ4v) is 2.49. The second-order valence-corrected chi connectivity index (χ2v) is 4.88. The molecule has 0 fully saturated rings. The van der Waals surface area contributed by atoms with Crippen molar-refractivity contribution in [1.29, 1.82) is 0 Å². The number of hydrogen-bond acceptors (Lipinski definition) is 4. The van der Waals surface area contributed by atoms with E-state index in [0.717, 1.165) is 11.1 Å². The van der Waals surface area contributed by atoms with Crippen LogP contribution < -0.4 is 9.47 Å². The lowest BCUT2D eigenvalue weighted by Gasteiger charge is -2.12. The van der Waals surface area contributed by atoms with E-state index in [1.165, 1.54) is 6.07 Å². The highest BCUT2D eigenvalue weighted by atomic mass is 16.6. The molecular weight excluding hydrogens is 294 g/mol. The summed E-state index contributed by atoms with van der Waals surface area (Å²) in [4.78, 5) is 10.9. The maximum Gasteiger partial charge on any atom is 0.276 e. The van der Waals surface area contributed by atoms with Crippen LogP contribution in [0.2, 0.25) is 0 Å². The van der Waals surface area contributed by atoms with Crippen molar-refractivity contribution in [2.45, 2.75) is 13.3 Å². The van der Waals surface area contributed by atoms with Crippen LogP contribution in [0.5, 0.6) is 11.5 Å². The summed E-state index contributed by atoms with van der Waals surface area (Å²) in [5, 5.41) is 11.3. The van der Waals surface area contributed by atoms with Gasteiger partial charge >= 0.3 is 0 Å². The average Bonchev–Trinajstić information content (AvgIpc) is 2.59. The summed E-state index contributed by atoms with van der Waals surface area (Å²) in [7, 11) is 3.15. The van der Waals surface area contributed by atoms with E-state index in [-0.39, 0.29) is 10.6 Å². The van der Waals surface area contributed by atoms with E-state index >= 15 is 0 Å². The molecule has 0 aliphatic rings. The summed E-state index contributed by atoms with van der Waals surface area (Å²) in [5.74, 6) is 1.23. The predicted molar refractivity (Wildman–Crippen MR) is 90.8 cm³/mol. The second kappa shape index (κ2) is 7.45. The fraction of sp³-hybridized carbons (Fsp3) is 0.222. The number of para-hydroxylation sites is 2. The summed E-state index contributed by atoms with van der Waals surface area (Å²) in [6, 6.07) is 12.3. The smallest absolute Gasteiger partial charge is 0.276 e. The number of nitro groups is 1. The van der Waals surface area contributed by atoms with E-state index in [1.807, 2.05) is 31.2 Å². The van der Waals surface area contributed by atoms with E-state index in [4.69, 9.17) is 9.47 Å². The van der Waals surface area contributed by atoms with Gasteiger partial charge in [0.05, 0.1) is 24.7 Å². The Morgan fingerprint density at radius 1 is 1.13 bits per heavy atom. The van der Waals surface area contributed by atoms with Gasteiger partial charge in [0.25, 0.3) is 5.69 Å². The SMILES string of the molecule is CC/C(=C\c1cccc(OC)c1OC)c1ccccc1[N+](=O)[O-]. The minimum absolute atomic E-state index is 0.0995. The van der Waals surface area contributed by atoms with E-state index in [0.29, 0.717) is 23.5 Å². The lowest BCUT2D eigenvalue weighted by Crippen LogP contribution is -1.96. The lowest BCUT2D eigenvalue weighted by atomic mass is 9.98. The van der Waals surface area contributed by atoms with Gasteiger partial charge in [0, 0.05) is 11.6 Å². The molecule has 5 nitrogen and oxygen atoms in total. The monoisotopic (exact) mass is 313 g/mol. The van der Waals surface area contributed by atoms with Crippen molar-refractivity contribution in [3.8, 4) is 11.5 Å². The number of allylic oxidation sites excluding steroid dienone is 1. The first kappa shape index (κ1) is 16.5. The lowest BCUT2D eigenvalue weighted by molar-refractivity contribution is -0.385. The van der Waals surface area contributed by atoms with Crippen molar-refractivity contribution in [3.63, 3.8) is 0 Å². The third-order valence-corrected chi connectivity index (χ3v) is 3.59. The van der Waals surface area contributed by atoms with Crippen LogP contribution in [0.1, 0.15) is 24.5 Å². The molecule has 5 heteroatoms. The Morgan fingerprint density at radius 3 is 2.48 bits per heavy atom. The zero-order valence-corrected chi connectivity index (χ0v) is 13.4. The van der Waals surface area contributed by atoms with Crippen molar-refractivity contribution in [3.05, 3.63) is 63.7 Å². The van der Waals surface area contributed by atoms with Crippen LogP contribution in [-0.4, -0.2) is 19.1 Å². The summed E-state index contributed by atoms with van der Waals surface area (Å²) in [6.45, 7) is 1.97. The molecule has 0 heterocycles. The molecule has 0 bridgehead atoms. The maximum absolute atomic E-state index is 11.3. The number of nitrogens with zero attached hydrogens (tertiary/aromatic N) is 1. The number of ether oxygens (including phenoxy) is 2. The molecule has 0 atom stereocenters. The van der Waals surface area contributed by atoms with Crippen molar-refractivity contribution in [1.82, 2.24) is 0 Å².